The van der Waals surface area contributed by atoms with Crippen molar-refractivity contribution in [2.24, 2.45) is 0 Å². The minimum absolute atomic E-state index is 0.647. The van der Waals surface area contributed by atoms with E-state index in [0.29, 0.717) is 12.8 Å². The van der Waals surface area contributed by atoms with Gasteiger partial charge in [-0.15, -0.1) is 0 Å². The van der Waals surface area contributed by atoms with Crippen LogP contribution in [0.5, 0.6) is 0 Å². The third-order valence-corrected chi connectivity index (χ3v) is 5.02. The first-order valence-corrected chi connectivity index (χ1v) is 5.25. The normalized spacial score (nSPS) is 26.0. The van der Waals surface area contributed by atoms with Crippen LogP contribution in [0.4, 0.5) is 0 Å². The van der Waals surface area contributed by atoms with Gasteiger partial charge in [0.1, 0.15) is 0 Å². The van der Waals surface area contributed by atoms with Gasteiger partial charge in [-0.2, -0.15) is 0 Å². The zero-order chi connectivity index (χ0) is 8.48. The summed E-state index contributed by atoms with van der Waals surface area (Å²) in [6.07, 6.45) is 1.29. The Morgan fingerprint density at radius 1 is 1.09 bits per heavy atom. The zero-order valence-corrected chi connectivity index (χ0v) is 8.00. The predicted molar refractivity (Wildman–Crippen MR) is 42.3 cm³/mol. The second-order valence-corrected chi connectivity index (χ2v) is 5.64. The lowest BCUT2D eigenvalue weighted by atomic mass is 10.9. The van der Waals surface area contributed by atoms with Crippen LogP contribution in [-0.4, -0.2) is 26.7 Å². The highest BCUT2D eigenvalue weighted by Gasteiger charge is 2.56. The van der Waals surface area contributed by atoms with E-state index in [4.69, 9.17) is 0 Å². The van der Waals surface area contributed by atoms with Crippen molar-refractivity contribution in [3.8, 4) is 0 Å². The molecular formula is C5H10O4S2. The van der Waals surface area contributed by atoms with E-state index in [-0.39, 0.29) is 0 Å². The van der Waals surface area contributed by atoms with Gasteiger partial charge in [-0.05, 0) is 12.8 Å². The van der Waals surface area contributed by atoms with Crippen LogP contribution in [0.15, 0.2) is 0 Å². The average Bonchev–Trinajstić information content (AvgIpc) is 2.82. The fourth-order valence-electron chi connectivity index (χ4n) is 0.795. The van der Waals surface area contributed by atoms with Gasteiger partial charge < -0.3 is 0 Å². The topological polar surface area (TPSA) is 52.6 Å². The maximum absolute atomic E-state index is 11.1. The van der Waals surface area contributed by atoms with Crippen LogP contribution >= 0.6 is 0 Å². The van der Waals surface area contributed by atoms with Crippen molar-refractivity contribution in [3.05, 3.63) is 0 Å². The summed E-state index contributed by atoms with van der Waals surface area (Å²) in [5.41, 5.74) is 0. The molecule has 0 saturated heterocycles. The summed E-state index contributed by atoms with van der Waals surface area (Å²) in [6, 6.07) is 0. The fourth-order valence-corrected chi connectivity index (χ4v) is 3.13. The quantitative estimate of drug-likeness (QED) is 0.642. The highest BCUT2D eigenvalue weighted by atomic mass is 32.3. The van der Waals surface area contributed by atoms with E-state index < -0.39 is 26.2 Å². The molecule has 0 aromatic heterocycles. The van der Waals surface area contributed by atoms with Gasteiger partial charge in [0.05, 0.1) is 14.2 Å². The Balaban J connectivity index is 2.67. The van der Waals surface area contributed by atoms with Crippen LogP contribution < -0.4 is 0 Å². The molecule has 0 bridgehead atoms. The third-order valence-electron chi connectivity index (χ3n) is 1.57. The minimum Gasteiger partial charge on any atom is -0.293 e. The summed E-state index contributed by atoms with van der Waals surface area (Å²) in [6.45, 7) is 0. The Kier molecular flexibility index (Phi) is 2.79. The summed E-state index contributed by atoms with van der Waals surface area (Å²) >= 11 is -2.96. The summed E-state index contributed by atoms with van der Waals surface area (Å²) in [7, 11) is 2.67. The highest BCUT2D eigenvalue weighted by Crippen LogP contribution is 2.45. The molecule has 1 aliphatic rings. The van der Waals surface area contributed by atoms with Gasteiger partial charge >= 0.3 is 0 Å². The molecule has 0 spiro atoms. The van der Waals surface area contributed by atoms with Crippen LogP contribution in [0.2, 0.25) is 0 Å². The summed E-state index contributed by atoms with van der Waals surface area (Å²) in [5.74, 6) is 0. The van der Waals surface area contributed by atoms with Gasteiger partial charge in [0.25, 0.3) is 0 Å². The second kappa shape index (κ2) is 3.30. The standard InChI is InChI=1S/C5H10O4S2/c1-8-10(6)5(3-4-5)11(7)9-2/h3-4H2,1-2H3. The molecule has 0 amide bonds. The van der Waals surface area contributed by atoms with Crippen LogP contribution in [0.1, 0.15) is 12.8 Å². The lowest BCUT2D eigenvalue weighted by Crippen LogP contribution is -2.24. The first-order valence-electron chi connectivity index (χ1n) is 3.10. The Morgan fingerprint density at radius 3 is 1.64 bits per heavy atom. The van der Waals surface area contributed by atoms with E-state index >= 15 is 0 Å². The predicted octanol–water partition coefficient (Wildman–Crippen LogP) is 0.0967. The number of rotatable bonds is 4. The molecular weight excluding hydrogens is 188 g/mol. The van der Waals surface area contributed by atoms with Crippen molar-refractivity contribution < 1.29 is 16.8 Å². The first-order chi connectivity index (χ1) is 5.17. The van der Waals surface area contributed by atoms with Crippen molar-refractivity contribution in [1.82, 2.24) is 0 Å². The number of hydrogen-bond donors (Lipinski definition) is 0. The summed E-state index contributed by atoms with van der Waals surface area (Å²) in [5, 5.41) is 0. The highest BCUT2D eigenvalue weighted by molar-refractivity contribution is 8.00. The van der Waals surface area contributed by atoms with Gasteiger partial charge in [0.15, 0.2) is 26.2 Å². The molecule has 0 N–H and O–H groups in total. The van der Waals surface area contributed by atoms with E-state index in [1.54, 1.807) is 0 Å². The van der Waals surface area contributed by atoms with Gasteiger partial charge in [-0.1, -0.05) is 0 Å². The molecule has 1 fully saturated rings. The second-order valence-electron chi connectivity index (χ2n) is 2.21. The molecule has 11 heavy (non-hydrogen) atoms. The maximum atomic E-state index is 11.1. The summed E-state index contributed by atoms with van der Waals surface area (Å²) in [4.78, 5) is 0. The van der Waals surface area contributed by atoms with Crippen LogP contribution in [0, 0.1) is 0 Å². The molecule has 0 aromatic rings. The van der Waals surface area contributed by atoms with E-state index in [2.05, 4.69) is 8.37 Å². The molecule has 1 rings (SSSR count). The molecule has 0 radical (unpaired) electrons. The third kappa shape index (κ3) is 1.53. The first kappa shape index (κ1) is 9.31. The van der Waals surface area contributed by atoms with E-state index in [0.717, 1.165) is 0 Å². The molecule has 0 aromatic carbocycles. The zero-order valence-electron chi connectivity index (χ0n) is 6.36. The van der Waals surface area contributed by atoms with Gasteiger partial charge in [-0.25, -0.2) is 8.42 Å². The number of hydrogen-bond acceptors (Lipinski definition) is 4. The molecule has 1 saturated carbocycles. The van der Waals surface area contributed by atoms with Crippen molar-refractivity contribution in [1.29, 1.82) is 0 Å². The Labute approximate surface area is 70.6 Å². The lowest BCUT2D eigenvalue weighted by molar-refractivity contribution is 0.425. The van der Waals surface area contributed by atoms with E-state index in [9.17, 15) is 8.42 Å². The monoisotopic (exact) mass is 198 g/mol. The van der Waals surface area contributed by atoms with Crippen LogP contribution in [0.3, 0.4) is 0 Å². The van der Waals surface area contributed by atoms with Crippen molar-refractivity contribution >= 4 is 22.2 Å². The molecule has 4 nitrogen and oxygen atoms in total. The maximum Gasteiger partial charge on any atom is 0.177 e. The SMILES string of the molecule is COS(=O)C1(S(=O)OC)CC1. The van der Waals surface area contributed by atoms with Crippen LogP contribution in [0.25, 0.3) is 0 Å². The van der Waals surface area contributed by atoms with Crippen LogP contribution in [-0.2, 0) is 30.5 Å². The average molecular weight is 198 g/mol. The molecule has 0 heterocycles. The molecule has 66 valence electrons. The van der Waals surface area contributed by atoms with Crippen molar-refractivity contribution in [3.63, 3.8) is 0 Å². The smallest absolute Gasteiger partial charge is 0.177 e. The lowest BCUT2D eigenvalue weighted by Gasteiger charge is -2.09. The summed E-state index contributed by atoms with van der Waals surface area (Å²) < 4.78 is 30.7. The van der Waals surface area contributed by atoms with Gasteiger partial charge in [0.2, 0.25) is 0 Å². The van der Waals surface area contributed by atoms with Gasteiger partial charge in [0, 0.05) is 0 Å². The molecule has 1 aliphatic carbocycles. The molecule has 2 unspecified atom stereocenters. The largest absolute Gasteiger partial charge is 0.293 e. The van der Waals surface area contributed by atoms with E-state index in [1.165, 1.54) is 14.2 Å². The Bertz CT molecular complexity index is 181. The van der Waals surface area contributed by atoms with Crippen molar-refractivity contribution in [2.45, 2.75) is 16.9 Å². The molecule has 6 heteroatoms. The Hall–Kier alpha value is 0.220. The minimum atomic E-state index is -1.48. The fraction of sp³-hybridized carbons (Fsp3) is 1.00. The van der Waals surface area contributed by atoms with Crippen molar-refractivity contribution in [2.75, 3.05) is 14.2 Å². The molecule has 0 aliphatic heterocycles. The van der Waals surface area contributed by atoms with E-state index in [1.807, 2.05) is 0 Å². The molecule has 2 atom stereocenters. The Morgan fingerprint density at radius 2 is 1.45 bits per heavy atom. The van der Waals surface area contributed by atoms with Gasteiger partial charge in [-0.3, -0.25) is 8.37 Å².